The van der Waals surface area contributed by atoms with E-state index in [9.17, 15) is 26.4 Å². The smallest absolute Gasteiger partial charge is 0.298 e. The Morgan fingerprint density at radius 3 is 2.33 bits per heavy atom. The van der Waals surface area contributed by atoms with E-state index in [2.05, 4.69) is 15.9 Å². The average molecular weight is 462 g/mol. The second kappa shape index (κ2) is 7.85. The molecule has 1 heterocycles. The Morgan fingerprint density at radius 2 is 1.74 bits per heavy atom. The molecule has 0 saturated heterocycles. The van der Waals surface area contributed by atoms with Crippen LogP contribution < -0.4 is 0 Å². The molecule has 1 aromatic heterocycles. The highest BCUT2D eigenvalue weighted by atomic mass is 79.9. The second-order valence-corrected chi connectivity index (χ2v) is 7.92. The molecule has 3 aromatic rings. The van der Waals surface area contributed by atoms with Gasteiger partial charge in [0.2, 0.25) is 0 Å². The standard InChI is InChI=1S/C16H9BrF3NO3S.C2H6/c17-12-4-5-14-10(9-22)8-21(15(14)7-12)25(23,24)13-3-1-2-11(6-13)16(18,19)20;1-2/h1-9H;1-2H3. The summed E-state index contributed by atoms with van der Waals surface area (Å²) in [5.74, 6) is 0. The Labute approximate surface area is 162 Å². The van der Waals surface area contributed by atoms with E-state index in [-0.39, 0.29) is 11.1 Å². The van der Waals surface area contributed by atoms with Crippen molar-refractivity contribution in [3.63, 3.8) is 0 Å². The third-order valence-electron chi connectivity index (χ3n) is 3.61. The molecule has 0 fully saturated rings. The highest BCUT2D eigenvalue weighted by molar-refractivity contribution is 9.10. The number of alkyl halides is 3. The van der Waals surface area contributed by atoms with Crippen LogP contribution in [0.4, 0.5) is 13.2 Å². The molecule has 0 spiro atoms. The SMILES string of the molecule is CC.O=Cc1cn(S(=O)(=O)c2cccc(C(F)(F)F)c2)c2cc(Br)ccc12. The topological polar surface area (TPSA) is 56.1 Å². The number of hydrogen-bond acceptors (Lipinski definition) is 3. The molecule has 0 bridgehead atoms. The lowest BCUT2D eigenvalue weighted by molar-refractivity contribution is -0.137. The first-order valence-corrected chi connectivity index (χ1v) is 10.1. The van der Waals surface area contributed by atoms with Crippen molar-refractivity contribution in [1.29, 1.82) is 0 Å². The molecule has 3 rings (SSSR count). The van der Waals surface area contributed by atoms with E-state index in [0.29, 0.717) is 22.2 Å². The number of carbonyl (C=O) groups excluding carboxylic acids is 1. The molecule has 27 heavy (non-hydrogen) atoms. The summed E-state index contributed by atoms with van der Waals surface area (Å²) in [6.45, 7) is 4.00. The lowest BCUT2D eigenvalue weighted by Gasteiger charge is -2.11. The summed E-state index contributed by atoms with van der Waals surface area (Å²) in [7, 11) is -4.32. The number of carbonyl (C=O) groups is 1. The van der Waals surface area contributed by atoms with Crippen LogP contribution in [-0.4, -0.2) is 18.7 Å². The predicted molar refractivity (Wildman–Crippen MR) is 100 cm³/mol. The first kappa shape index (κ1) is 21.2. The highest BCUT2D eigenvalue weighted by Crippen LogP contribution is 2.32. The Bertz CT molecular complexity index is 1090. The van der Waals surface area contributed by atoms with Crippen LogP contribution >= 0.6 is 15.9 Å². The van der Waals surface area contributed by atoms with Crippen LogP contribution in [0.3, 0.4) is 0 Å². The Morgan fingerprint density at radius 1 is 1.07 bits per heavy atom. The zero-order valence-electron chi connectivity index (χ0n) is 14.3. The van der Waals surface area contributed by atoms with E-state index >= 15 is 0 Å². The molecule has 0 saturated carbocycles. The molecular formula is C18H15BrF3NO3S. The van der Waals surface area contributed by atoms with Gasteiger partial charge < -0.3 is 0 Å². The number of nitrogens with zero attached hydrogens (tertiary/aromatic N) is 1. The summed E-state index contributed by atoms with van der Waals surface area (Å²) >= 11 is 3.21. The van der Waals surface area contributed by atoms with Crippen LogP contribution in [0.15, 0.2) is 58.0 Å². The predicted octanol–water partition coefficient (Wildman–Crippen LogP) is 5.50. The van der Waals surface area contributed by atoms with E-state index in [4.69, 9.17) is 0 Å². The normalized spacial score (nSPS) is 11.8. The molecular weight excluding hydrogens is 447 g/mol. The summed E-state index contributed by atoms with van der Waals surface area (Å²) in [6, 6.07) is 8.14. The van der Waals surface area contributed by atoms with Crippen molar-refractivity contribution >= 4 is 43.1 Å². The molecule has 144 valence electrons. The van der Waals surface area contributed by atoms with Gasteiger partial charge >= 0.3 is 6.18 Å². The maximum absolute atomic E-state index is 12.9. The van der Waals surface area contributed by atoms with Crippen molar-refractivity contribution in [3.05, 3.63) is 64.3 Å². The number of rotatable bonds is 3. The largest absolute Gasteiger partial charge is 0.416 e. The molecule has 2 aromatic carbocycles. The molecule has 0 unspecified atom stereocenters. The van der Waals surface area contributed by atoms with Crippen molar-refractivity contribution in [1.82, 2.24) is 3.97 Å². The number of aromatic nitrogens is 1. The lowest BCUT2D eigenvalue weighted by Crippen LogP contribution is -2.13. The molecule has 0 atom stereocenters. The summed E-state index contributed by atoms with van der Waals surface area (Å²) in [6.07, 6.45) is -3.07. The van der Waals surface area contributed by atoms with Gasteiger partial charge in [-0.05, 0) is 30.3 Å². The molecule has 0 aliphatic heterocycles. The van der Waals surface area contributed by atoms with Crippen LogP contribution in [-0.2, 0) is 16.2 Å². The minimum Gasteiger partial charge on any atom is -0.298 e. The van der Waals surface area contributed by atoms with Gasteiger partial charge in [0, 0.05) is 21.6 Å². The Balaban J connectivity index is 0.00000126. The quantitative estimate of drug-likeness (QED) is 0.484. The van der Waals surface area contributed by atoms with Crippen LogP contribution in [0.5, 0.6) is 0 Å². The number of hydrogen-bond donors (Lipinski definition) is 0. The van der Waals surface area contributed by atoms with Crippen LogP contribution in [0.2, 0.25) is 0 Å². The van der Waals surface area contributed by atoms with Crippen molar-refractivity contribution in [2.24, 2.45) is 0 Å². The van der Waals surface area contributed by atoms with Crippen molar-refractivity contribution in [2.45, 2.75) is 24.9 Å². The van der Waals surface area contributed by atoms with Gasteiger partial charge in [-0.3, -0.25) is 4.79 Å². The van der Waals surface area contributed by atoms with Gasteiger partial charge in [-0.2, -0.15) is 13.2 Å². The number of halogens is 4. The molecule has 0 radical (unpaired) electrons. The summed E-state index contributed by atoms with van der Waals surface area (Å²) < 4.78 is 65.6. The minimum absolute atomic E-state index is 0.123. The third-order valence-corrected chi connectivity index (χ3v) is 5.77. The van der Waals surface area contributed by atoms with Crippen LogP contribution in [0, 0.1) is 0 Å². The third kappa shape index (κ3) is 4.08. The fourth-order valence-corrected chi connectivity index (χ4v) is 4.20. The summed E-state index contributed by atoms with van der Waals surface area (Å²) in [5.41, 5.74) is -0.756. The maximum atomic E-state index is 12.9. The first-order valence-electron chi connectivity index (χ1n) is 7.83. The summed E-state index contributed by atoms with van der Waals surface area (Å²) in [4.78, 5) is 10.7. The van der Waals surface area contributed by atoms with Gasteiger partial charge in [0.15, 0.2) is 6.29 Å². The second-order valence-electron chi connectivity index (χ2n) is 5.19. The van der Waals surface area contributed by atoms with Crippen molar-refractivity contribution in [2.75, 3.05) is 0 Å². The van der Waals surface area contributed by atoms with E-state index in [1.165, 1.54) is 6.07 Å². The zero-order valence-corrected chi connectivity index (χ0v) is 16.7. The van der Waals surface area contributed by atoms with Crippen LogP contribution in [0.25, 0.3) is 10.9 Å². The zero-order chi connectivity index (χ0) is 20.4. The molecule has 0 aliphatic rings. The van der Waals surface area contributed by atoms with Crippen LogP contribution in [0.1, 0.15) is 29.8 Å². The number of benzene rings is 2. The van der Waals surface area contributed by atoms with E-state index in [1.54, 1.807) is 12.1 Å². The first-order chi connectivity index (χ1) is 12.6. The molecule has 0 amide bonds. The Kier molecular flexibility index (Phi) is 6.16. The van der Waals surface area contributed by atoms with E-state index in [0.717, 1.165) is 28.4 Å². The fourth-order valence-electron chi connectivity index (χ4n) is 2.44. The fraction of sp³-hybridized carbons (Fsp3) is 0.167. The van der Waals surface area contributed by atoms with Gasteiger partial charge in [0.05, 0.1) is 16.0 Å². The molecule has 4 nitrogen and oxygen atoms in total. The van der Waals surface area contributed by atoms with Gasteiger partial charge in [0.25, 0.3) is 10.0 Å². The minimum atomic E-state index is -4.67. The Hall–Kier alpha value is -2.13. The molecule has 9 heteroatoms. The number of fused-ring (bicyclic) bond motifs is 1. The average Bonchev–Trinajstić information content (AvgIpc) is 3.01. The van der Waals surface area contributed by atoms with Gasteiger partial charge in [0.1, 0.15) is 0 Å². The van der Waals surface area contributed by atoms with E-state index < -0.39 is 26.7 Å². The van der Waals surface area contributed by atoms with E-state index in [1.807, 2.05) is 13.8 Å². The van der Waals surface area contributed by atoms with Gasteiger partial charge in [-0.15, -0.1) is 0 Å². The molecule has 0 N–H and O–H groups in total. The highest BCUT2D eigenvalue weighted by Gasteiger charge is 2.32. The van der Waals surface area contributed by atoms with Crippen molar-refractivity contribution < 1.29 is 26.4 Å². The van der Waals surface area contributed by atoms with Gasteiger partial charge in [-0.25, -0.2) is 12.4 Å². The molecule has 0 aliphatic carbocycles. The maximum Gasteiger partial charge on any atom is 0.416 e. The number of aldehydes is 1. The monoisotopic (exact) mass is 461 g/mol. The van der Waals surface area contributed by atoms with Gasteiger partial charge in [-0.1, -0.05) is 41.9 Å². The summed E-state index contributed by atoms with van der Waals surface area (Å²) in [5, 5.41) is 0.383. The van der Waals surface area contributed by atoms with Crippen molar-refractivity contribution in [3.8, 4) is 0 Å². The lowest BCUT2D eigenvalue weighted by atomic mass is 10.2.